The SMILES string of the molecule is C#C.C[Si](C)(C)C#Cc1ccc(C=O)cn1.O=Cc1ccc(Br)nc1. The smallest absolute Gasteiger partial charge is 0.151 e. The van der Waals surface area contributed by atoms with Gasteiger partial charge in [0.1, 0.15) is 18.4 Å². The molecule has 0 aliphatic carbocycles. The predicted molar refractivity (Wildman–Crippen MR) is 107 cm³/mol. The van der Waals surface area contributed by atoms with Gasteiger partial charge in [-0.3, -0.25) is 9.59 Å². The van der Waals surface area contributed by atoms with Gasteiger partial charge in [-0.05, 0) is 40.2 Å². The van der Waals surface area contributed by atoms with Crippen LogP contribution in [0.15, 0.2) is 41.3 Å². The summed E-state index contributed by atoms with van der Waals surface area (Å²) in [6, 6.07) is 6.93. The molecule has 128 valence electrons. The molecule has 0 fully saturated rings. The van der Waals surface area contributed by atoms with Gasteiger partial charge in [0.15, 0.2) is 12.6 Å². The topological polar surface area (TPSA) is 59.9 Å². The monoisotopic (exact) mass is 414 g/mol. The molecule has 0 saturated heterocycles. The fourth-order valence-corrected chi connectivity index (χ4v) is 2.00. The van der Waals surface area contributed by atoms with Gasteiger partial charge < -0.3 is 0 Å². The zero-order chi connectivity index (χ0) is 19.3. The highest BCUT2D eigenvalue weighted by Crippen LogP contribution is 2.04. The minimum Gasteiger partial charge on any atom is -0.298 e. The van der Waals surface area contributed by atoms with Crippen molar-refractivity contribution in [1.29, 1.82) is 0 Å². The van der Waals surface area contributed by atoms with Gasteiger partial charge in [0.2, 0.25) is 0 Å². The third kappa shape index (κ3) is 10.8. The zero-order valence-corrected chi connectivity index (χ0v) is 16.9. The van der Waals surface area contributed by atoms with Gasteiger partial charge in [-0.2, -0.15) is 0 Å². The molecule has 0 atom stereocenters. The number of pyridine rings is 2. The summed E-state index contributed by atoms with van der Waals surface area (Å²) in [6.07, 6.45) is 12.6. The number of aromatic nitrogens is 2. The standard InChI is InChI=1S/C11H13NOSi.C6H4BrNO.C2H2/c1-14(2,3)7-6-11-5-4-10(9-13)8-12-11;7-6-2-1-5(4-9)3-8-6;1-2/h4-5,8-9H,1-3H3;1-4H;1-2H. The van der Waals surface area contributed by atoms with Gasteiger partial charge in [-0.1, -0.05) is 25.6 Å². The van der Waals surface area contributed by atoms with Gasteiger partial charge in [-0.25, -0.2) is 9.97 Å². The molecule has 2 aromatic heterocycles. The van der Waals surface area contributed by atoms with E-state index in [0.29, 0.717) is 11.1 Å². The molecule has 0 spiro atoms. The van der Waals surface area contributed by atoms with Crippen LogP contribution in [-0.2, 0) is 0 Å². The lowest BCUT2D eigenvalue weighted by Gasteiger charge is -2.02. The molecular formula is C19H19BrN2O2Si. The van der Waals surface area contributed by atoms with Crippen LogP contribution in [0.4, 0.5) is 0 Å². The zero-order valence-electron chi connectivity index (χ0n) is 14.4. The first-order valence-electron chi connectivity index (χ1n) is 7.18. The van der Waals surface area contributed by atoms with Crippen molar-refractivity contribution in [3.63, 3.8) is 0 Å². The molecule has 0 bridgehead atoms. The van der Waals surface area contributed by atoms with Crippen LogP contribution in [0.2, 0.25) is 19.6 Å². The molecule has 2 heterocycles. The van der Waals surface area contributed by atoms with Crippen LogP contribution in [0, 0.1) is 24.3 Å². The van der Waals surface area contributed by atoms with E-state index in [2.05, 4.69) is 69.8 Å². The lowest BCUT2D eigenvalue weighted by Crippen LogP contribution is -2.16. The van der Waals surface area contributed by atoms with E-state index in [9.17, 15) is 9.59 Å². The summed E-state index contributed by atoms with van der Waals surface area (Å²) in [5.41, 5.74) is 5.13. The molecule has 0 saturated carbocycles. The van der Waals surface area contributed by atoms with E-state index in [4.69, 9.17) is 0 Å². The van der Waals surface area contributed by atoms with Gasteiger partial charge in [-0.15, -0.1) is 18.4 Å². The maximum Gasteiger partial charge on any atom is 0.151 e. The molecule has 0 aromatic carbocycles. The van der Waals surface area contributed by atoms with Crippen molar-refractivity contribution in [2.24, 2.45) is 0 Å². The average Bonchev–Trinajstić information content (AvgIpc) is 2.63. The molecule has 6 heteroatoms. The fraction of sp³-hybridized carbons (Fsp3) is 0.158. The fourth-order valence-electron chi connectivity index (χ4n) is 1.26. The van der Waals surface area contributed by atoms with Crippen LogP contribution in [0.3, 0.4) is 0 Å². The molecular weight excluding hydrogens is 396 g/mol. The van der Waals surface area contributed by atoms with Crippen molar-refractivity contribution < 1.29 is 9.59 Å². The number of aldehydes is 2. The number of hydrogen-bond donors (Lipinski definition) is 0. The number of hydrogen-bond acceptors (Lipinski definition) is 4. The number of terminal acetylenes is 1. The Balaban J connectivity index is 0.000000451. The van der Waals surface area contributed by atoms with Crippen molar-refractivity contribution in [2.75, 3.05) is 0 Å². The molecule has 2 aromatic rings. The maximum atomic E-state index is 10.4. The highest BCUT2D eigenvalue weighted by molar-refractivity contribution is 9.10. The minimum absolute atomic E-state index is 0.587. The second kappa shape index (κ2) is 11.9. The second-order valence-corrected chi connectivity index (χ2v) is 11.2. The Morgan fingerprint density at radius 3 is 1.84 bits per heavy atom. The number of nitrogens with zero attached hydrogens (tertiary/aromatic N) is 2. The molecule has 4 nitrogen and oxygen atoms in total. The van der Waals surface area contributed by atoms with E-state index in [1.807, 2.05) is 0 Å². The molecule has 0 N–H and O–H groups in total. The summed E-state index contributed by atoms with van der Waals surface area (Å²) >= 11 is 3.15. The van der Waals surface area contributed by atoms with Crippen LogP contribution in [0.25, 0.3) is 0 Å². The first-order valence-corrected chi connectivity index (χ1v) is 11.5. The summed E-state index contributed by atoms with van der Waals surface area (Å²) in [6.45, 7) is 6.54. The lowest BCUT2D eigenvalue weighted by molar-refractivity contribution is 0.111. The molecule has 0 radical (unpaired) electrons. The predicted octanol–water partition coefficient (Wildman–Crippen LogP) is 4.03. The number of rotatable bonds is 2. The van der Waals surface area contributed by atoms with Crippen LogP contribution < -0.4 is 0 Å². The molecule has 0 unspecified atom stereocenters. The van der Waals surface area contributed by atoms with Crippen molar-refractivity contribution in [1.82, 2.24) is 9.97 Å². The van der Waals surface area contributed by atoms with E-state index in [0.717, 1.165) is 22.9 Å². The van der Waals surface area contributed by atoms with Crippen molar-refractivity contribution >= 4 is 36.6 Å². The first-order chi connectivity index (χ1) is 11.8. The van der Waals surface area contributed by atoms with E-state index in [-0.39, 0.29) is 0 Å². The Hall–Kier alpha value is -2.54. The highest BCUT2D eigenvalue weighted by Gasteiger charge is 2.07. The summed E-state index contributed by atoms with van der Waals surface area (Å²) in [7, 11) is -1.33. The highest BCUT2D eigenvalue weighted by atomic mass is 79.9. The van der Waals surface area contributed by atoms with Gasteiger partial charge in [0.25, 0.3) is 0 Å². The largest absolute Gasteiger partial charge is 0.298 e. The van der Waals surface area contributed by atoms with Crippen LogP contribution in [-0.4, -0.2) is 30.6 Å². The minimum atomic E-state index is -1.33. The van der Waals surface area contributed by atoms with Gasteiger partial charge in [0.05, 0.1) is 0 Å². The number of halogens is 1. The van der Waals surface area contributed by atoms with Gasteiger partial charge in [0, 0.05) is 23.5 Å². The summed E-state index contributed by atoms with van der Waals surface area (Å²) in [4.78, 5) is 28.3. The quantitative estimate of drug-likeness (QED) is 0.322. The van der Waals surface area contributed by atoms with Crippen molar-refractivity contribution in [3.8, 4) is 24.3 Å². The Kier molecular flexibility index (Phi) is 10.7. The Labute approximate surface area is 158 Å². The Morgan fingerprint density at radius 1 is 0.960 bits per heavy atom. The summed E-state index contributed by atoms with van der Waals surface area (Å²) in [5.74, 6) is 3.02. The van der Waals surface area contributed by atoms with Crippen LogP contribution >= 0.6 is 15.9 Å². The lowest BCUT2D eigenvalue weighted by atomic mass is 10.3. The molecule has 0 amide bonds. The van der Waals surface area contributed by atoms with E-state index < -0.39 is 8.07 Å². The van der Waals surface area contributed by atoms with Gasteiger partial charge >= 0.3 is 0 Å². The molecule has 0 aliphatic rings. The van der Waals surface area contributed by atoms with Crippen molar-refractivity contribution in [2.45, 2.75) is 19.6 Å². The van der Waals surface area contributed by atoms with E-state index in [1.54, 1.807) is 30.5 Å². The Bertz CT molecular complexity index is 752. The first kappa shape index (κ1) is 22.5. The number of carbonyl (C=O) groups excluding carboxylic acids is 2. The average molecular weight is 415 g/mol. The Morgan fingerprint density at radius 2 is 1.48 bits per heavy atom. The molecule has 25 heavy (non-hydrogen) atoms. The third-order valence-corrected chi connectivity index (χ3v) is 3.72. The van der Waals surface area contributed by atoms with Crippen molar-refractivity contribution in [3.05, 3.63) is 58.1 Å². The molecule has 2 rings (SSSR count). The summed E-state index contributed by atoms with van der Waals surface area (Å²) in [5, 5.41) is 0. The normalized spacial score (nSPS) is 9.04. The second-order valence-electron chi connectivity index (χ2n) is 5.63. The maximum absolute atomic E-state index is 10.4. The van der Waals surface area contributed by atoms with E-state index >= 15 is 0 Å². The van der Waals surface area contributed by atoms with E-state index in [1.165, 1.54) is 6.20 Å². The summed E-state index contributed by atoms with van der Waals surface area (Å²) < 4.78 is 0.744. The third-order valence-electron chi connectivity index (χ3n) is 2.37. The van der Waals surface area contributed by atoms with Crippen LogP contribution in [0.5, 0.6) is 0 Å². The molecule has 0 aliphatic heterocycles. The van der Waals surface area contributed by atoms with Crippen LogP contribution in [0.1, 0.15) is 26.4 Å². The number of carbonyl (C=O) groups is 2.